The number of ether oxygens (including phenoxy) is 1. The third kappa shape index (κ3) is 8.12. The first-order valence-corrected chi connectivity index (χ1v) is 12.9. The second-order valence-electron chi connectivity index (χ2n) is 10.5. The number of carbonyl (C=O) groups is 3. The van der Waals surface area contributed by atoms with E-state index in [1.54, 1.807) is 95.9 Å². The molecule has 0 aliphatic carbocycles. The van der Waals surface area contributed by atoms with Gasteiger partial charge in [-0.3, -0.25) is 19.9 Å². The maximum Gasteiger partial charge on any atom is 0.412 e. The van der Waals surface area contributed by atoms with Crippen molar-refractivity contribution in [1.82, 2.24) is 14.9 Å². The molecule has 4 rings (SSSR count). The van der Waals surface area contributed by atoms with Crippen LogP contribution in [0.5, 0.6) is 0 Å². The molecule has 0 bridgehead atoms. The van der Waals surface area contributed by atoms with Crippen molar-refractivity contribution in [2.45, 2.75) is 26.4 Å². The Balaban J connectivity index is 1.35. The zero-order valence-electron chi connectivity index (χ0n) is 23.6. The molecule has 2 aromatic carbocycles. The van der Waals surface area contributed by atoms with Crippen LogP contribution in [0.4, 0.5) is 27.7 Å². The van der Waals surface area contributed by atoms with Crippen LogP contribution < -0.4 is 16.0 Å². The van der Waals surface area contributed by atoms with Gasteiger partial charge in [-0.05, 0) is 80.9 Å². The number of rotatable bonds is 7. The highest BCUT2D eigenvalue weighted by Crippen LogP contribution is 2.23. The summed E-state index contributed by atoms with van der Waals surface area (Å²) >= 11 is 0. The van der Waals surface area contributed by atoms with Crippen LogP contribution in [-0.4, -0.2) is 52.5 Å². The Morgan fingerprint density at radius 3 is 1.98 bits per heavy atom. The summed E-state index contributed by atoms with van der Waals surface area (Å²) in [5, 5.41) is 8.65. The first-order chi connectivity index (χ1) is 19.5. The number of benzene rings is 2. The van der Waals surface area contributed by atoms with Crippen molar-refractivity contribution in [3.05, 3.63) is 96.4 Å². The van der Waals surface area contributed by atoms with Crippen LogP contribution >= 0.6 is 0 Å². The maximum atomic E-state index is 12.8. The molecule has 10 nitrogen and oxygen atoms in total. The van der Waals surface area contributed by atoms with Crippen LogP contribution in [0.25, 0.3) is 11.1 Å². The minimum Gasteiger partial charge on any atom is -0.444 e. The fourth-order valence-corrected chi connectivity index (χ4v) is 3.76. The van der Waals surface area contributed by atoms with Gasteiger partial charge in [-0.2, -0.15) is 0 Å². The zero-order chi connectivity index (χ0) is 29.6. The van der Waals surface area contributed by atoms with E-state index in [2.05, 4.69) is 25.9 Å². The Bertz CT molecular complexity index is 1530. The lowest BCUT2D eigenvalue weighted by molar-refractivity contribution is 0.0635. The van der Waals surface area contributed by atoms with E-state index in [1.165, 1.54) is 4.90 Å². The molecule has 210 valence electrons. The summed E-state index contributed by atoms with van der Waals surface area (Å²) in [6.45, 7) is 5.35. The van der Waals surface area contributed by atoms with Gasteiger partial charge in [0.25, 0.3) is 11.8 Å². The van der Waals surface area contributed by atoms with E-state index in [-0.39, 0.29) is 11.8 Å². The molecule has 0 aliphatic rings. The highest BCUT2D eigenvalue weighted by atomic mass is 16.6. The number of hydrogen-bond donors (Lipinski definition) is 3. The number of nitrogens with zero attached hydrogens (tertiary/aromatic N) is 3. The molecule has 0 atom stereocenters. The maximum absolute atomic E-state index is 12.8. The molecule has 10 heteroatoms. The predicted octanol–water partition coefficient (Wildman–Crippen LogP) is 6.19. The molecule has 0 radical (unpaired) electrons. The Kier molecular flexibility index (Phi) is 8.62. The predicted molar refractivity (Wildman–Crippen MR) is 159 cm³/mol. The van der Waals surface area contributed by atoms with Crippen molar-refractivity contribution < 1.29 is 19.1 Å². The van der Waals surface area contributed by atoms with Crippen LogP contribution in [-0.2, 0) is 4.74 Å². The largest absolute Gasteiger partial charge is 0.444 e. The minimum absolute atomic E-state index is 0.0493. The van der Waals surface area contributed by atoms with E-state index < -0.39 is 11.7 Å². The fraction of sp³-hybridized carbons (Fsp3) is 0.194. The fourth-order valence-electron chi connectivity index (χ4n) is 3.76. The molecule has 0 unspecified atom stereocenters. The van der Waals surface area contributed by atoms with Crippen molar-refractivity contribution in [2.75, 3.05) is 30.0 Å². The van der Waals surface area contributed by atoms with Gasteiger partial charge < -0.3 is 20.3 Å². The molecule has 4 aromatic rings. The summed E-state index contributed by atoms with van der Waals surface area (Å²) in [5.74, 6) is 0.229. The van der Waals surface area contributed by atoms with E-state index >= 15 is 0 Å². The molecule has 0 spiro atoms. The summed E-state index contributed by atoms with van der Waals surface area (Å²) < 4.78 is 5.24. The van der Waals surface area contributed by atoms with Crippen LogP contribution in [0.2, 0.25) is 0 Å². The van der Waals surface area contributed by atoms with Gasteiger partial charge in [0, 0.05) is 42.7 Å². The Morgan fingerprint density at radius 2 is 1.37 bits per heavy atom. The molecule has 2 heterocycles. The number of anilines is 4. The van der Waals surface area contributed by atoms with Crippen LogP contribution in [0, 0.1) is 0 Å². The van der Waals surface area contributed by atoms with Gasteiger partial charge in [0.1, 0.15) is 11.4 Å². The first kappa shape index (κ1) is 28.8. The van der Waals surface area contributed by atoms with E-state index in [4.69, 9.17) is 4.74 Å². The highest BCUT2D eigenvalue weighted by Gasteiger charge is 2.16. The standard InChI is InChI=1S/C31H32N6O4/c1-31(2,3)41-30(40)36-24-13-10-21(11-14-24)28(38)35-26-16-25(18-32-19-26)34-27-15-12-23(17-33-27)20-6-8-22(9-7-20)29(39)37(4)5/h6-19H,1-5H3,(H,33,34)(H,35,38)(H,36,40). The highest BCUT2D eigenvalue weighted by molar-refractivity contribution is 6.04. The minimum atomic E-state index is -0.608. The first-order valence-electron chi connectivity index (χ1n) is 12.9. The lowest BCUT2D eigenvalue weighted by atomic mass is 10.1. The SMILES string of the molecule is CN(C)C(=O)c1ccc(-c2ccc(Nc3cncc(NC(=O)c4ccc(NC(=O)OC(C)(C)C)cc4)c3)nc2)cc1. The summed E-state index contributed by atoms with van der Waals surface area (Å²) in [6, 6.07) is 19.4. The van der Waals surface area contributed by atoms with E-state index in [9.17, 15) is 14.4 Å². The zero-order valence-corrected chi connectivity index (χ0v) is 23.6. The van der Waals surface area contributed by atoms with Gasteiger partial charge in [0.2, 0.25) is 0 Å². The molecular weight excluding hydrogens is 520 g/mol. The van der Waals surface area contributed by atoms with Gasteiger partial charge >= 0.3 is 6.09 Å². The Morgan fingerprint density at radius 1 is 0.732 bits per heavy atom. The topological polar surface area (TPSA) is 126 Å². The lowest BCUT2D eigenvalue weighted by Gasteiger charge is -2.19. The molecule has 41 heavy (non-hydrogen) atoms. The number of pyridine rings is 2. The molecule has 3 N–H and O–H groups in total. The summed E-state index contributed by atoms with van der Waals surface area (Å²) in [7, 11) is 3.44. The van der Waals surface area contributed by atoms with Gasteiger partial charge in [-0.1, -0.05) is 12.1 Å². The number of hydrogen-bond acceptors (Lipinski definition) is 7. The van der Waals surface area contributed by atoms with Gasteiger partial charge in [0.15, 0.2) is 0 Å². The Hall–Kier alpha value is -5.25. The smallest absolute Gasteiger partial charge is 0.412 e. The lowest BCUT2D eigenvalue weighted by Crippen LogP contribution is -2.27. The van der Waals surface area contributed by atoms with Crippen molar-refractivity contribution in [2.24, 2.45) is 0 Å². The Labute approximate surface area is 238 Å². The van der Waals surface area contributed by atoms with E-state index in [0.717, 1.165) is 11.1 Å². The van der Waals surface area contributed by atoms with Crippen LogP contribution in [0.3, 0.4) is 0 Å². The summed E-state index contributed by atoms with van der Waals surface area (Å²) in [5.41, 5.74) is 3.94. The molecule has 0 saturated carbocycles. The number of amides is 3. The third-order valence-corrected chi connectivity index (χ3v) is 5.70. The monoisotopic (exact) mass is 552 g/mol. The van der Waals surface area contributed by atoms with Gasteiger partial charge in [-0.25, -0.2) is 9.78 Å². The van der Waals surface area contributed by atoms with E-state index in [0.29, 0.717) is 34.0 Å². The molecule has 0 fully saturated rings. The quantitative estimate of drug-likeness (QED) is 0.250. The molecule has 3 amide bonds. The number of aromatic nitrogens is 2. The summed E-state index contributed by atoms with van der Waals surface area (Å²) in [6.07, 6.45) is 4.35. The van der Waals surface area contributed by atoms with E-state index in [1.807, 2.05) is 24.3 Å². The average Bonchev–Trinajstić information content (AvgIpc) is 2.92. The van der Waals surface area contributed by atoms with Crippen molar-refractivity contribution >= 4 is 40.8 Å². The second-order valence-corrected chi connectivity index (χ2v) is 10.5. The van der Waals surface area contributed by atoms with Gasteiger partial charge in [0.05, 0.1) is 23.8 Å². The number of nitrogens with one attached hydrogen (secondary N) is 3. The number of carbonyl (C=O) groups excluding carboxylic acids is 3. The molecule has 2 aromatic heterocycles. The van der Waals surface area contributed by atoms with Gasteiger partial charge in [-0.15, -0.1) is 0 Å². The van der Waals surface area contributed by atoms with Crippen molar-refractivity contribution in [1.29, 1.82) is 0 Å². The second kappa shape index (κ2) is 12.3. The molecular formula is C31H32N6O4. The molecule has 0 aliphatic heterocycles. The normalized spacial score (nSPS) is 10.9. The van der Waals surface area contributed by atoms with Crippen LogP contribution in [0.1, 0.15) is 41.5 Å². The average molecular weight is 553 g/mol. The molecule has 0 saturated heterocycles. The summed E-state index contributed by atoms with van der Waals surface area (Å²) in [4.78, 5) is 47.0. The van der Waals surface area contributed by atoms with Crippen molar-refractivity contribution in [3.8, 4) is 11.1 Å². The third-order valence-electron chi connectivity index (χ3n) is 5.70. The van der Waals surface area contributed by atoms with Crippen LogP contribution in [0.15, 0.2) is 85.3 Å². The van der Waals surface area contributed by atoms with Crippen molar-refractivity contribution in [3.63, 3.8) is 0 Å².